The van der Waals surface area contributed by atoms with Crippen LogP contribution in [0.15, 0.2) is 65.6 Å². The molecule has 0 bridgehead atoms. The number of anilines is 1. The van der Waals surface area contributed by atoms with Crippen LogP contribution >= 0.6 is 34.8 Å². The van der Waals surface area contributed by atoms with E-state index in [1.165, 1.54) is 29.2 Å². The molecule has 0 aliphatic carbocycles. The monoisotopic (exact) mass is 637 g/mol. The van der Waals surface area contributed by atoms with Crippen LogP contribution in [-0.4, -0.2) is 44.3 Å². The van der Waals surface area contributed by atoms with Gasteiger partial charge in [0.1, 0.15) is 12.6 Å². The topological polar surface area (TPSA) is 86.8 Å². The first-order valence-corrected chi connectivity index (χ1v) is 15.8. The molecule has 1 N–H and O–H groups in total. The minimum atomic E-state index is -4.21. The number of amides is 2. The summed E-state index contributed by atoms with van der Waals surface area (Å²) in [7, 11) is -4.21. The predicted octanol–water partition coefficient (Wildman–Crippen LogP) is 6.79. The van der Waals surface area contributed by atoms with Crippen molar-refractivity contribution in [3.05, 3.63) is 92.4 Å². The van der Waals surface area contributed by atoms with E-state index in [-0.39, 0.29) is 23.8 Å². The molecule has 1 atom stereocenters. The molecular weight excluding hydrogens is 605 g/mol. The Kier molecular flexibility index (Phi) is 11.5. The summed E-state index contributed by atoms with van der Waals surface area (Å²) in [5.74, 6) is -0.931. The van der Waals surface area contributed by atoms with Gasteiger partial charge in [-0.1, -0.05) is 60.8 Å². The number of hydrogen-bond donors (Lipinski definition) is 1. The molecule has 0 saturated heterocycles. The van der Waals surface area contributed by atoms with Crippen LogP contribution in [-0.2, 0) is 26.2 Å². The molecule has 0 radical (unpaired) electrons. The third-order valence-electron chi connectivity index (χ3n) is 6.78. The molecule has 3 rings (SSSR count). The smallest absolute Gasteiger partial charge is 0.264 e. The van der Waals surface area contributed by atoms with Gasteiger partial charge in [-0.2, -0.15) is 0 Å². The number of nitrogens with zero attached hydrogens (tertiary/aromatic N) is 2. The molecular formula is C30H34Cl3N3O4S. The van der Waals surface area contributed by atoms with Crippen LogP contribution in [0.1, 0.15) is 43.4 Å². The highest BCUT2D eigenvalue weighted by Crippen LogP contribution is 2.30. The van der Waals surface area contributed by atoms with E-state index in [2.05, 4.69) is 5.32 Å². The van der Waals surface area contributed by atoms with Crippen molar-refractivity contribution in [1.29, 1.82) is 0 Å². The Bertz CT molecular complexity index is 1480. The van der Waals surface area contributed by atoms with E-state index in [4.69, 9.17) is 34.8 Å². The lowest BCUT2D eigenvalue weighted by Gasteiger charge is -2.33. The zero-order valence-electron chi connectivity index (χ0n) is 23.5. The van der Waals surface area contributed by atoms with Crippen molar-refractivity contribution in [2.75, 3.05) is 17.4 Å². The Morgan fingerprint density at radius 3 is 2.10 bits per heavy atom. The maximum atomic E-state index is 14.1. The Hall–Kier alpha value is -2.78. The third kappa shape index (κ3) is 7.95. The van der Waals surface area contributed by atoms with E-state index in [0.717, 1.165) is 15.4 Å². The number of aryl methyl sites for hydroxylation is 2. The van der Waals surface area contributed by atoms with Crippen LogP contribution in [0.2, 0.25) is 15.1 Å². The first-order chi connectivity index (χ1) is 19.4. The Labute approximate surface area is 257 Å². The molecule has 0 aliphatic heterocycles. The van der Waals surface area contributed by atoms with Crippen molar-refractivity contribution in [1.82, 2.24) is 10.2 Å². The lowest BCUT2D eigenvalue weighted by Crippen LogP contribution is -2.52. The maximum absolute atomic E-state index is 14.1. The van der Waals surface area contributed by atoms with Crippen molar-refractivity contribution >= 4 is 62.3 Å². The molecule has 220 valence electrons. The maximum Gasteiger partial charge on any atom is 0.264 e. The van der Waals surface area contributed by atoms with Crippen molar-refractivity contribution in [3.63, 3.8) is 0 Å². The van der Waals surface area contributed by atoms with Gasteiger partial charge >= 0.3 is 0 Å². The second-order valence-electron chi connectivity index (χ2n) is 9.67. The van der Waals surface area contributed by atoms with Gasteiger partial charge in [-0.15, -0.1) is 0 Å². The average Bonchev–Trinajstić information content (AvgIpc) is 2.93. The molecule has 2 amide bonds. The minimum absolute atomic E-state index is 0.0265. The van der Waals surface area contributed by atoms with E-state index in [1.54, 1.807) is 43.3 Å². The van der Waals surface area contributed by atoms with Crippen molar-refractivity contribution in [2.45, 2.75) is 58.0 Å². The lowest BCUT2D eigenvalue weighted by molar-refractivity contribution is -0.140. The van der Waals surface area contributed by atoms with Crippen LogP contribution in [0.3, 0.4) is 0 Å². The molecule has 0 unspecified atom stereocenters. The summed E-state index contributed by atoms with van der Waals surface area (Å²) in [6.07, 6.45) is 1.00. The number of hydrogen-bond acceptors (Lipinski definition) is 4. The molecule has 3 aromatic rings. The van der Waals surface area contributed by atoms with E-state index < -0.39 is 28.5 Å². The Morgan fingerprint density at radius 1 is 0.902 bits per heavy atom. The summed E-state index contributed by atoms with van der Waals surface area (Å²) in [5, 5.41) is 3.89. The largest absolute Gasteiger partial charge is 0.354 e. The van der Waals surface area contributed by atoms with Crippen molar-refractivity contribution in [3.8, 4) is 0 Å². The van der Waals surface area contributed by atoms with Gasteiger partial charge in [0.25, 0.3) is 10.0 Å². The fourth-order valence-corrected chi connectivity index (χ4v) is 6.33. The van der Waals surface area contributed by atoms with Crippen LogP contribution in [0.25, 0.3) is 0 Å². The molecule has 0 fully saturated rings. The van der Waals surface area contributed by atoms with E-state index in [9.17, 15) is 18.0 Å². The van der Waals surface area contributed by atoms with Gasteiger partial charge in [0, 0.05) is 33.7 Å². The molecule has 11 heteroatoms. The van der Waals surface area contributed by atoms with Crippen LogP contribution < -0.4 is 9.62 Å². The number of carbonyl (C=O) groups is 2. The quantitative estimate of drug-likeness (QED) is 0.237. The zero-order valence-corrected chi connectivity index (χ0v) is 26.5. The second kappa shape index (κ2) is 14.4. The molecule has 7 nitrogen and oxygen atoms in total. The van der Waals surface area contributed by atoms with Crippen LogP contribution in [0.4, 0.5) is 5.69 Å². The number of sulfonamides is 1. The van der Waals surface area contributed by atoms with Crippen molar-refractivity contribution < 1.29 is 18.0 Å². The van der Waals surface area contributed by atoms with E-state index in [0.29, 0.717) is 39.3 Å². The van der Waals surface area contributed by atoms with Gasteiger partial charge in [-0.25, -0.2) is 8.42 Å². The van der Waals surface area contributed by atoms with E-state index in [1.807, 2.05) is 20.8 Å². The molecule has 0 aromatic heterocycles. The highest BCUT2D eigenvalue weighted by Gasteiger charge is 2.34. The fraction of sp³-hybridized carbons (Fsp3) is 0.333. The normalized spacial score (nSPS) is 12.1. The van der Waals surface area contributed by atoms with Gasteiger partial charge in [-0.3, -0.25) is 13.9 Å². The highest BCUT2D eigenvalue weighted by atomic mass is 35.5. The summed E-state index contributed by atoms with van der Waals surface area (Å²) in [6, 6.07) is 15.0. The summed E-state index contributed by atoms with van der Waals surface area (Å²) >= 11 is 18.9. The van der Waals surface area contributed by atoms with Crippen LogP contribution in [0.5, 0.6) is 0 Å². The zero-order chi connectivity index (χ0) is 30.3. The standard InChI is InChI=1S/C30H34Cl3N3O4S/c1-5-16-34-30(38)28(6-2)35(18-25-26(32)8-7-9-27(25)33)29(37)19-36(23-13-10-20(3)21(4)17-23)41(39,40)24-14-11-22(31)12-15-24/h7-15,17,28H,5-6,16,18-19H2,1-4H3,(H,34,38)/t28-/m0/s1. The predicted molar refractivity (Wildman–Crippen MR) is 166 cm³/mol. The molecule has 0 saturated carbocycles. The first kappa shape index (κ1) is 32.7. The minimum Gasteiger partial charge on any atom is -0.354 e. The Morgan fingerprint density at radius 2 is 1.54 bits per heavy atom. The summed E-state index contributed by atoms with van der Waals surface area (Å²) in [5.41, 5.74) is 2.61. The van der Waals surface area contributed by atoms with Crippen LogP contribution in [0, 0.1) is 13.8 Å². The number of rotatable bonds is 12. The second-order valence-corrected chi connectivity index (χ2v) is 12.8. The summed E-state index contributed by atoms with van der Waals surface area (Å²) in [6.45, 7) is 7.28. The lowest BCUT2D eigenvalue weighted by atomic mass is 10.1. The number of halogens is 3. The molecule has 41 heavy (non-hydrogen) atoms. The number of carbonyl (C=O) groups excluding carboxylic acids is 2. The SMILES string of the molecule is CCCNC(=O)[C@H](CC)N(Cc1c(Cl)cccc1Cl)C(=O)CN(c1ccc(C)c(C)c1)S(=O)(=O)c1ccc(Cl)cc1. The summed E-state index contributed by atoms with van der Waals surface area (Å²) < 4.78 is 29.0. The van der Waals surface area contributed by atoms with E-state index >= 15 is 0 Å². The third-order valence-corrected chi connectivity index (χ3v) is 9.53. The molecule has 0 heterocycles. The number of nitrogens with one attached hydrogen (secondary N) is 1. The van der Waals surface area contributed by atoms with Gasteiger partial charge in [0.2, 0.25) is 11.8 Å². The fourth-order valence-electron chi connectivity index (χ4n) is 4.28. The van der Waals surface area contributed by atoms with Gasteiger partial charge in [0.15, 0.2) is 0 Å². The summed E-state index contributed by atoms with van der Waals surface area (Å²) in [4.78, 5) is 28.7. The van der Waals surface area contributed by atoms with Gasteiger partial charge in [-0.05, 0) is 86.3 Å². The molecule has 0 spiro atoms. The number of benzene rings is 3. The Balaban J connectivity index is 2.11. The first-order valence-electron chi connectivity index (χ1n) is 13.3. The van der Waals surface area contributed by atoms with Gasteiger partial charge in [0.05, 0.1) is 10.6 Å². The average molecular weight is 639 g/mol. The molecule has 0 aliphatic rings. The van der Waals surface area contributed by atoms with Gasteiger partial charge < -0.3 is 10.2 Å². The highest BCUT2D eigenvalue weighted by molar-refractivity contribution is 7.92. The molecule has 3 aromatic carbocycles. The van der Waals surface area contributed by atoms with Crippen molar-refractivity contribution in [2.24, 2.45) is 0 Å².